The average molecular weight is 322 g/mol. The quantitative estimate of drug-likeness (QED) is 0.913. The van der Waals surface area contributed by atoms with Gasteiger partial charge < -0.3 is 5.73 Å². The Bertz CT molecular complexity index is 530. The Morgan fingerprint density at radius 2 is 2.25 bits per heavy atom. The Hall–Kier alpha value is -0.490. The molecular formula is C10H7BrClFN2S. The van der Waals surface area contributed by atoms with Crippen LogP contribution in [0.1, 0.15) is 5.01 Å². The Labute approximate surface area is 109 Å². The van der Waals surface area contributed by atoms with Crippen molar-refractivity contribution in [2.75, 3.05) is 0 Å². The lowest BCUT2D eigenvalue weighted by atomic mass is 10.2. The Kier molecular flexibility index (Phi) is 3.59. The van der Waals surface area contributed by atoms with Crippen molar-refractivity contribution in [3.05, 3.63) is 38.6 Å². The monoisotopic (exact) mass is 320 g/mol. The van der Waals surface area contributed by atoms with Crippen molar-refractivity contribution in [1.82, 2.24) is 4.98 Å². The zero-order chi connectivity index (χ0) is 11.7. The van der Waals surface area contributed by atoms with Gasteiger partial charge in [0.15, 0.2) is 0 Å². The van der Waals surface area contributed by atoms with E-state index >= 15 is 0 Å². The molecule has 1 aromatic heterocycles. The Morgan fingerprint density at radius 3 is 2.88 bits per heavy atom. The molecule has 2 nitrogen and oxygen atoms in total. The minimum atomic E-state index is -0.322. The fraction of sp³-hybridized carbons (Fsp3) is 0.100. The third-order valence-corrected chi connectivity index (χ3v) is 4.16. The van der Waals surface area contributed by atoms with Crippen LogP contribution in [0.5, 0.6) is 0 Å². The minimum absolute atomic E-state index is 0.322. The molecule has 0 radical (unpaired) electrons. The highest BCUT2D eigenvalue weighted by molar-refractivity contribution is 9.10. The number of thiazole rings is 1. The molecule has 0 bridgehead atoms. The molecule has 0 amide bonds. The van der Waals surface area contributed by atoms with Crippen LogP contribution in [0.4, 0.5) is 4.39 Å². The van der Waals surface area contributed by atoms with E-state index in [1.807, 2.05) is 0 Å². The maximum absolute atomic E-state index is 13.6. The molecule has 0 aliphatic carbocycles. The minimum Gasteiger partial charge on any atom is -0.325 e. The first kappa shape index (κ1) is 12.0. The lowest BCUT2D eigenvalue weighted by Gasteiger charge is -2.00. The molecule has 1 heterocycles. The summed E-state index contributed by atoms with van der Waals surface area (Å²) < 4.78 is 14.2. The van der Waals surface area contributed by atoms with Crippen LogP contribution >= 0.6 is 38.9 Å². The second-order valence-electron chi connectivity index (χ2n) is 3.06. The Morgan fingerprint density at radius 1 is 1.50 bits per heavy atom. The van der Waals surface area contributed by atoms with Crippen LogP contribution in [0.25, 0.3) is 10.4 Å². The van der Waals surface area contributed by atoms with Crippen molar-refractivity contribution in [2.45, 2.75) is 6.54 Å². The molecule has 0 spiro atoms. The molecule has 0 unspecified atom stereocenters. The number of aromatic nitrogens is 1. The maximum atomic E-state index is 13.6. The van der Waals surface area contributed by atoms with Crippen LogP contribution in [-0.2, 0) is 6.54 Å². The van der Waals surface area contributed by atoms with E-state index in [0.29, 0.717) is 26.6 Å². The molecule has 0 fully saturated rings. The van der Waals surface area contributed by atoms with Gasteiger partial charge in [0.2, 0.25) is 0 Å². The summed E-state index contributed by atoms with van der Waals surface area (Å²) in [5.41, 5.74) is 5.93. The van der Waals surface area contributed by atoms with Gasteiger partial charge in [-0.05, 0) is 34.1 Å². The molecule has 1 aromatic carbocycles. The summed E-state index contributed by atoms with van der Waals surface area (Å²) in [5.74, 6) is -0.322. The van der Waals surface area contributed by atoms with Gasteiger partial charge >= 0.3 is 0 Å². The molecular weight excluding hydrogens is 315 g/mol. The van der Waals surface area contributed by atoms with Crippen LogP contribution in [0.3, 0.4) is 0 Å². The number of halogens is 3. The number of rotatable bonds is 2. The van der Waals surface area contributed by atoms with E-state index in [1.54, 1.807) is 6.07 Å². The molecule has 0 saturated carbocycles. The normalized spacial score (nSPS) is 10.8. The first-order chi connectivity index (χ1) is 7.61. The summed E-state index contributed by atoms with van der Waals surface area (Å²) in [7, 11) is 0. The number of nitrogens with zero attached hydrogens (tertiary/aromatic N) is 1. The molecule has 0 saturated heterocycles. The second-order valence-corrected chi connectivity index (χ2v) is 5.33. The molecule has 2 aromatic rings. The molecule has 2 rings (SSSR count). The molecule has 0 aliphatic rings. The zero-order valence-corrected chi connectivity index (χ0v) is 11.2. The smallest absolute Gasteiger partial charge is 0.132 e. The predicted molar refractivity (Wildman–Crippen MR) is 68.1 cm³/mol. The third-order valence-electron chi connectivity index (χ3n) is 1.98. The van der Waals surface area contributed by atoms with Gasteiger partial charge in [0.05, 0.1) is 4.88 Å². The first-order valence-corrected chi connectivity index (χ1v) is 6.41. The van der Waals surface area contributed by atoms with Gasteiger partial charge in [-0.25, -0.2) is 9.37 Å². The highest BCUT2D eigenvalue weighted by atomic mass is 79.9. The van der Waals surface area contributed by atoms with Crippen molar-refractivity contribution in [1.29, 1.82) is 0 Å². The average Bonchev–Trinajstić information content (AvgIpc) is 2.63. The summed E-state index contributed by atoms with van der Waals surface area (Å²) in [6, 6.07) is 4.43. The van der Waals surface area contributed by atoms with Crippen molar-refractivity contribution < 1.29 is 4.39 Å². The maximum Gasteiger partial charge on any atom is 0.132 e. The highest BCUT2D eigenvalue weighted by Gasteiger charge is 2.14. The van der Waals surface area contributed by atoms with E-state index in [0.717, 1.165) is 5.01 Å². The van der Waals surface area contributed by atoms with Gasteiger partial charge in [0.1, 0.15) is 15.4 Å². The lowest BCUT2D eigenvalue weighted by Crippen LogP contribution is -1.93. The number of hydrogen-bond acceptors (Lipinski definition) is 3. The van der Waals surface area contributed by atoms with Gasteiger partial charge in [0.25, 0.3) is 0 Å². The topological polar surface area (TPSA) is 38.9 Å². The lowest BCUT2D eigenvalue weighted by molar-refractivity contribution is 0.631. The summed E-state index contributed by atoms with van der Waals surface area (Å²) in [6.45, 7) is 0.339. The fourth-order valence-corrected chi connectivity index (χ4v) is 3.08. The van der Waals surface area contributed by atoms with E-state index in [2.05, 4.69) is 20.9 Å². The Balaban J connectivity index is 2.57. The summed E-state index contributed by atoms with van der Waals surface area (Å²) >= 11 is 10.5. The zero-order valence-electron chi connectivity index (χ0n) is 8.01. The van der Waals surface area contributed by atoms with E-state index in [9.17, 15) is 4.39 Å². The van der Waals surface area contributed by atoms with Crippen LogP contribution in [0.15, 0.2) is 22.8 Å². The van der Waals surface area contributed by atoms with Gasteiger partial charge in [-0.2, -0.15) is 0 Å². The van der Waals surface area contributed by atoms with Gasteiger partial charge in [-0.15, -0.1) is 11.3 Å². The number of hydrogen-bond donors (Lipinski definition) is 1. The predicted octanol–water partition coefficient (Wildman–Crippen LogP) is 3.82. The van der Waals surface area contributed by atoms with E-state index < -0.39 is 0 Å². The second kappa shape index (κ2) is 4.79. The van der Waals surface area contributed by atoms with Crippen molar-refractivity contribution in [2.24, 2.45) is 5.73 Å². The highest BCUT2D eigenvalue weighted by Crippen LogP contribution is 2.36. The van der Waals surface area contributed by atoms with Gasteiger partial charge in [-0.3, -0.25) is 0 Å². The SMILES string of the molecule is NCc1nc(Br)c(-c2cc(Cl)ccc2F)s1. The van der Waals surface area contributed by atoms with Crippen LogP contribution in [0, 0.1) is 5.82 Å². The van der Waals surface area contributed by atoms with Crippen molar-refractivity contribution >= 4 is 38.9 Å². The number of benzene rings is 1. The largest absolute Gasteiger partial charge is 0.325 e. The fourth-order valence-electron chi connectivity index (χ4n) is 1.27. The molecule has 84 valence electrons. The summed E-state index contributed by atoms with van der Waals surface area (Å²) in [5, 5.41) is 1.24. The summed E-state index contributed by atoms with van der Waals surface area (Å²) in [4.78, 5) is 4.89. The first-order valence-electron chi connectivity index (χ1n) is 4.42. The number of nitrogens with two attached hydrogens (primary N) is 1. The van der Waals surface area contributed by atoms with Crippen molar-refractivity contribution in [3.8, 4) is 10.4 Å². The molecule has 16 heavy (non-hydrogen) atoms. The molecule has 2 N–H and O–H groups in total. The van der Waals surface area contributed by atoms with Gasteiger partial charge in [-0.1, -0.05) is 11.6 Å². The van der Waals surface area contributed by atoms with Crippen LogP contribution in [0.2, 0.25) is 5.02 Å². The van der Waals surface area contributed by atoms with Crippen molar-refractivity contribution in [3.63, 3.8) is 0 Å². The molecule has 0 atom stereocenters. The third kappa shape index (κ3) is 2.27. The molecule has 0 aliphatic heterocycles. The van der Waals surface area contributed by atoms with Gasteiger partial charge in [0, 0.05) is 17.1 Å². The van der Waals surface area contributed by atoms with Crippen LogP contribution in [-0.4, -0.2) is 4.98 Å². The van der Waals surface area contributed by atoms with E-state index in [1.165, 1.54) is 23.5 Å². The summed E-state index contributed by atoms with van der Waals surface area (Å²) in [6.07, 6.45) is 0. The molecule has 6 heteroatoms. The van der Waals surface area contributed by atoms with Crippen LogP contribution < -0.4 is 5.73 Å². The van der Waals surface area contributed by atoms with E-state index in [-0.39, 0.29) is 5.82 Å². The standard InChI is InChI=1S/C10H7BrClFN2S/c11-10-9(16-8(4-14)15-10)6-3-5(12)1-2-7(6)13/h1-3H,4,14H2. The van der Waals surface area contributed by atoms with E-state index in [4.69, 9.17) is 17.3 Å².